The van der Waals surface area contributed by atoms with E-state index in [9.17, 15) is 14.4 Å². The number of carbonyl (C=O) groups is 3. The first-order valence-electron chi connectivity index (χ1n) is 14.1. The van der Waals surface area contributed by atoms with Gasteiger partial charge in [-0.25, -0.2) is 4.98 Å². The van der Waals surface area contributed by atoms with Gasteiger partial charge in [-0.1, -0.05) is 35.3 Å². The third-order valence-electron chi connectivity index (χ3n) is 7.29. The zero-order chi connectivity index (χ0) is 32.1. The maximum atomic E-state index is 13.0. The van der Waals surface area contributed by atoms with Crippen molar-refractivity contribution in [1.29, 1.82) is 0 Å². The second kappa shape index (κ2) is 15.8. The van der Waals surface area contributed by atoms with Crippen LogP contribution in [0.2, 0.25) is 10.0 Å². The molecule has 2 aromatic carbocycles. The van der Waals surface area contributed by atoms with Gasteiger partial charge in [0.1, 0.15) is 11.2 Å². The zero-order valence-corrected chi connectivity index (χ0v) is 28.9. The fourth-order valence-electron chi connectivity index (χ4n) is 4.70. The van der Waals surface area contributed by atoms with E-state index in [0.717, 1.165) is 15.9 Å². The maximum Gasteiger partial charge on any atom is 0.254 e. The van der Waals surface area contributed by atoms with Crippen LogP contribution >= 0.6 is 51.5 Å². The first-order valence-corrected chi connectivity index (χ1v) is 15.6. The predicted molar refractivity (Wildman–Crippen MR) is 184 cm³/mol. The van der Waals surface area contributed by atoms with E-state index >= 15 is 0 Å². The highest BCUT2D eigenvalue weighted by atomic mass is 79.9. The Balaban J connectivity index is 0.00000480. The summed E-state index contributed by atoms with van der Waals surface area (Å²) in [7, 11) is 1.56. The number of aryl methyl sites for hydroxylation is 1. The van der Waals surface area contributed by atoms with E-state index in [1.807, 2.05) is 23.6 Å². The molecular formula is C32H31BrCl3N5O5. The standard InChI is InChI=1S/C32H30BrCl2N5O5.ClH/c1-20-30(33)40-13-3-4-26(31(40)37-20)45-19-23-24(34)10-11-25(29(23)35)38(2)28(42)18-36-27(41)12-7-21-5-8-22(9-6-21)32(43)39-14-16-44-17-15-39;/h3-13H,14-19H2,1-2H3,(H,36,41);1H/b12-7+;. The molecule has 2 aromatic heterocycles. The van der Waals surface area contributed by atoms with E-state index in [1.54, 1.807) is 60.5 Å². The van der Waals surface area contributed by atoms with Gasteiger partial charge in [0, 0.05) is 48.6 Å². The molecule has 1 saturated heterocycles. The van der Waals surface area contributed by atoms with Crippen molar-refractivity contribution in [2.75, 3.05) is 44.8 Å². The number of morpholine rings is 1. The largest absolute Gasteiger partial charge is 0.485 e. The van der Waals surface area contributed by atoms with E-state index in [0.29, 0.717) is 59.5 Å². The number of carbonyl (C=O) groups excluding carboxylic acids is 3. The lowest BCUT2D eigenvalue weighted by Crippen LogP contribution is -2.40. The Hall–Kier alpha value is -3.61. The Labute approximate surface area is 290 Å². The minimum atomic E-state index is -0.448. The van der Waals surface area contributed by atoms with Crippen LogP contribution in [0.4, 0.5) is 5.69 Å². The molecule has 0 aliphatic carbocycles. The molecule has 1 N–H and O–H groups in total. The Morgan fingerprint density at radius 3 is 2.54 bits per heavy atom. The third-order valence-corrected chi connectivity index (χ3v) is 9.02. The molecule has 10 nitrogen and oxygen atoms in total. The minimum absolute atomic E-state index is 0. The quantitative estimate of drug-likeness (QED) is 0.211. The Kier molecular flexibility index (Phi) is 12.1. The van der Waals surface area contributed by atoms with Gasteiger partial charge in [0.05, 0.1) is 36.2 Å². The molecule has 0 bridgehead atoms. The lowest BCUT2D eigenvalue weighted by Gasteiger charge is -2.26. The van der Waals surface area contributed by atoms with Crippen LogP contribution in [-0.2, 0) is 20.9 Å². The van der Waals surface area contributed by atoms with Gasteiger partial charge >= 0.3 is 0 Å². The van der Waals surface area contributed by atoms with Crippen molar-refractivity contribution in [2.24, 2.45) is 0 Å². The molecule has 0 atom stereocenters. The summed E-state index contributed by atoms with van der Waals surface area (Å²) in [5, 5.41) is 3.24. The van der Waals surface area contributed by atoms with Crippen molar-refractivity contribution in [2.45, 2.75) is 13.5 Å². The van der Waals surface area contributed by atoms with Gasteiger partial charge in [-0.3, -0.25) is 18.8 Å². The number of ether oxygens (including phenoxy) is 2. The number of rotatable bonds is 9. The minimum Gasteiger partial charge on any atom is -0.485 e. The van der Waals surface area contributed by atoms with Crippen LogP contribution in [0, 0.1) is 6.92 Å². The molecule has 242 valence electrons. The van der Waals surface area contributed by atoms with Crippen molar-refractivity contribution in [1.82, 2.24) is 19.6 Å². The Morgan fingerprint density at radius 1 is 1.11 bits per heavy atom. The number of nitrogens with zero attached hydrogens (tertiary/aromatic N) is 4. The highest BCUT2D eigenvalue weighted by Gasteiger charge is 2.20. The molecule has 5 rings (SSSR count). The highest BCUT2D eigenvalue weighted by Crippen LogP contribution is 2.35. The Bertz CT molecular complexity index is 1770. The lowest BCUT2D eigenvalue weighted by molar-refractivity contribution is -0.122. The monoisotopic (exact) mass is 749 g/mol. The van der Waals surface area contributed by atoms with E-state index in [1.165, 1.54) is 11.0 Å². The summed E-state index contributed by atoms with van der Waals surface area (Å²) in [4.78, 5) is 45.7. The van der Waals surface area contributed by atoms with Crippen LogP contribution < -0.4 is 15.0 Å². The summed E-state index contributed by atoms with van der Waals surface area (Å²) >= 11 is 16.7. The molecule has 1 aliphatic rings. The van der Waals surface area contributed by atoms with E-state index in [2.05, 4.69) is 26.2 Å². The molecule has 14 heteroatoms. The molecule has 0 unspecified atom stereocenters. The molecule has 0 saturated carbocycles. The van der Waals surface area contributed by atoms with Gasteiger partial charge in [-0.15, -0.1) is 12.4 Å². The molecule has 3 amide bonds. The van der Waals surface area contributed by atoms with Crippen LogP contribution in [0.3, 0.4) is 0 Å². The third kappa shape index (κ3) is 8.02. The number of hydrogen-bond acceptors (Lipinski definition) is 6. The smallest absolute Gasteiger partial charge is 0.254 e. The first-order chi connectivity index (χ1) is 21.6. The van der Waals surface area contributed by atoms with Gasteiger partial charge in [0.2, 0.25) is 11.8 Å². The van der Waals surface area contributed by atoms with Gasteiger partial charge in [0.25, 0.3) is 5.91 Å². The summed E-state index contributed by atoms with van der Waals surface area (Å²) in [6.07, 6.45) is 4.81. The normalized spacial score (nSPS) is 13.0. The van der Waals surface area contributed by atoms with Crippen molar-refractivity contribution in [3.8, 4) is 5.75 Å². The van der Waals surface area contributed by atoms with Gasteiger partial charge in [-0.2, -0.15) is 0 Å². The second-order valence-electron chi connectivity index (χ2n) is 10.2. The number of imidazole rings is 1. The fraction of sp³-hybridized carbons (Fsp3) is 0.250. The van der Waals surface area contributed by atoms with Crippen LogP contribution in [0.15, 0.2) is 65.4 Å². The van der Waals surface area contributed by atoms with Crippen molar-refractivity contribution in [3.63, 3.8) is 0 Å². The summed E-state index contributed by atoms with van der Waals surface area (Å²) in [5.41, 5.74) is 3.68. The lowest BCUT2D eigenvalue weighted by atomic mass is 10.1. The molecule has 1 aliphatic heterocycles. The number of hydrogen-bond donors (Lipinski definition) is 1. The molecule has 3 heterocycles. The summed E-state index contributed by atoms with van der Waals surface area (Å²) < 4.78 is 14.0. The highest BCUT2D eigenvalue weighted by molar-refractivity contribution is 9.10. The molecule has 46 heavy (non-hydrogen) atoms. The van der Waals surface area contributed by atoms with Crippen molar-refractivity contribution < 1.29 is 23.9 Å². The van der Waals surface area contributed by atoms with Crippen LogP contribution in [-0.4, -0.2) is 71.9 Å². The molecule has 4 aromatic rings. The number of anilines is 1. The number of amides is 3. The number of fused-ring (bicyclic) bond motifs is 1. The Morgan fingerprint density at radius 2 is 1.83 bits per heavy atom. The summed E-state index contributed by atoms with van der Waals surface area (Å²) in [5.74, 6) is -0.343. The number of halogens is 4. The zero-order valence-electron chi connectivity index (χ0n) is 25.0. The average molecular weight is 752 g/mol. The molecule has 0 spiro atoms. The second-order valence-corrected chi connectivity index (χ2v) is 11.8. The molecule has 0 radical (unpaired) electrons. The predicted octanol–water partition coefficient (Wildman–Crippen LogP) is 5.98. The number of nitrogens with one attached hydrogen (secondary N) is 1. The summed E-state index contributed by atoms with van der Waals surface area (Å²) in [6, 6.07) is 13.9. The fourth-order valence-corrected chi connectivity index (χ4v) is 5.68. The van der Waals surface area contributed by atoms with Crippen LogP contribution in [0.25, 0.3) is 11.7 Å². The number of pyridine rings is 1. The van der Waals surface area contributed by atoms with Gasteiger partial charge < -0.3 is 24.6 Å². The van der Waals surface area contributed by atoms with E-state index in [4.69, 9.17) is 32.7 Å². The van der Waals surface area contributed by atoms with Crippen molar-refractivity contribution in [3.05, 3.63) is 97.8 Å². The van der Waals surface area contributed by atoms with Crippen molar-refractivity contribution >= 4 is 86.7 Å². The van der Waals surface area contributed by atoms with Gasteiger partial charge in [0.15, 0.2) is 11.4 Å². The number of aromatic nitrogens is 2. The first kappa shape index (κ1) is 35.2. The van der Waals surface area contributed by atoms with Crippen LogP contribution in [0.5, 0.6) is 5.75 Å². The number of likely N-dealkylation sites (N-methyl/N-ethyl adjacent to an activating group) is 1. The molecule has 1 fully saturated rings. The van der Waals surface area contributed by atoms with Crippen LogP contribution in [0.1, 0.15) is 27.2 Å². The summed E-state index contributed by atoms with van der Waals surface area (Å²) in [6.45, 7) is 3.87. The van der Waals surface area contributed by atoms with E-state index in [-0.39, 0.29) is 42.4 Å². The SMILES string of the molecule is Cc1nc2c(OCc3c(Cl)ccc(N(C)C(=O)CNC(=O)/C=C/c4ccc(C(=O)N5CCOCC5)cc4)c3Cl)cccn2c1Br.Cl. The van der Waals surface area contributed by atoms with E-state index < -0.39 is 5.91 Å². The molecular weight excluding hydrogens is 721 g/mol. The average Bonchev–Trinajstić information content (AvgIpc) is 3.35. The topological polar surface area (TPSA) is 105 Å². The maximum absolute atomic E-state index is 13.0. The number of benzene rings is 2. The van der Waals surface area contributed by atoms with Gasteiger partial charge in [-0.05, 0) is 70.9 Å².